The lowest BCUT2D eigenvalue weighted by Crippen LogP contribution is -2.45. The largest absolute Gasteiger partial charge is 0.392 e. The average Bonchev–Trinajstić information content (AvgIpc) is 2.12. The summed E-state index contributed by atoms with van der Waals surface area (Å²) in [5.74, 6) is 0. The summed E-state index contributed by atoms with van der Waals surface area (Å²) >= 11 is 0. The zero-order valence-corrected chi connectivity index (χ0v) is 9.55. The summed E-state index contributed by atoms with van der Waals surface area (Å²) in [5.41, 5.74) is -0.00686. The van der Waals surface area contributed by atoms with Gasteiger partial charge in [-0.1, -0.05) is 6.92 Å². The molecule has 0 amide bonds. The van der Waals surface area contributed by atoms with Crippen LogP contribution in [0.3, 0.4) is 0 Å². The van der Waals surface area contributed by atoms with Crippen LogP contribution in [-0.2, 0) is 4.74 Å². The van der Waals surface area contributed by atoms with E-state index in [1.54, 1.807) is 0 Å². The molecule has 2 atom stereocenters. The Morgan fingerprint density at radius 1 is 1.57 bits per heavy atom. The first-order valence-corrected chi connectivity index (χ1v) is 5.59. The molecule has 0 spiro atoms. The van der Waals surface area contributed by atoms with Crippen LogP contribution in [0.1, 0.15) is 40.0 Å². The third-order valence-electron chi connectivity index (χ3n) is 2.81. The third kappa shape index (κ3) is 3.95. The Morgan fingerprint density at radius 2 is 2.29 bits per heavy atom. The predicted molar refractivity (Wildman–Crippen MR) is 57.4 cm³/mol. The van der Waals surface area contributed by atoms with E-state index in [0.29, 0.717) is 12.6 Å². The van der Waals surface area contributed by atoms with Gasteiger partial charge in [-0.25, -0.2) is 0 Å². The molecule has 1 rings (SSSR count). The van der Waals surface area contributed by atoms with E-state index in [1.165, 1.54) is 0 Å². The maximum atomic E-state index is 9.42. The molecule has 3 nitrogen and oxygen atoms in total. The molecule has 0 radical (unpaired) electrons. The van der Waals surface area contributed by atoms with E-state index >= 15 is 0 Å². The Bertz CT molecular complexity index is 171. The van der Waals surface area contributed by atoms with Gasteiger partial charge in [-0.3, -0.25) is 0 Å². The monoisotopic (exact) mass is 201 g/mol. The van der Waals surface area contributed by atoms with Gasteiger partial charge < -0.3 is 15.2 Å². The molecule has 3 heteroatoms. The van der Waals surface area contributed by atoms with E-state index in [2.05, 4.69) is 19.2 Å². The normalized spacial score (nSPS) is 28.7. The van der Waals surface area contributed by atoms with Crippen molar-refractivity contribution in [3.05, 3.63) is 0 Å². The summed E-state index contributed by atoms with van der Waals surface area (Å²) in [6.07, 6.45) is 2.70. The van der Waals surface area contributed by atoms with Crippen LogP contribution in [-0.4, -0.2) is 36.0 Å². The van der Waals surface area contributed by atoms with Crippen LogP contribution >= 0.6 is 0 Å². The van der Waals surface area contributed by atoms with Crippen molar-refractivity contribution in [2.45, 2.75) is 57.8 Å². The summed E-state index contributed by atoms with van der Waals surface area (Å²) in [4.78, 5) is 0. The summed E-state index contributed by atoms with van der Waals surface area (Å²) < 4.78 is 5.63. The van der Waals surface area contributed by atoms with Gasteiger partial charge in [0.05, 0.1) is 11.7 Å². The first kappa shape index (κ1) is 12.0. The van der Waals surface area contributed by atoms with Gasteiger partial charge in [-0.2, -0.15) is 0 Å². The zero-order chi connectivity index (χ0) is 10.6. The molecule has 2 N–H and O–H groups in total. The zero-order valence-electron chi connectivity index (χ0n) is 9.55. The molecule has 0 aliphatic carbocycles. The number of hydrogen-bond donors (Lipinski definition) is 2. The number of aliphatic hydroxyl groups excluding tert-OH is 1. The molecule has 0 aromatic carbocycles. The number of ether oxygens (including phenoxy) is 1. The maximum Gasteiger partial charge on any atom is 0.0662 e. The second-order valence-corrected chi connectivity index (χ2v) is 4.77. The van der Waals surface area contributed by atoms with E-state index in [9.17, 15) is 5.11 Å². The van der Waals surface area contributed by atoms with Crippen molar-refractivity contribution in [1.82, 2.24) is 5.32 Å². The van der Waals surface area contributed by atoms with Crippen molar-refractivity contribution in [2.24, 2.45) is 0 Å². The number of hydrogen-bond acceptors (Lipinski definition) is 3. The van der Waals surface area contributed by atoms with E-state index in [4.69, 9.17) is 4.74 Å². The number of aliphatic hydroxyl groups is 1. The standard InChI is InChI=1S/C11H23NO2/c1-4-10(13)8-12-9-5-6-14-11(2,3)7-9/h9-10,12-13H,4-8H2,1-3H3. The van der Waals surface area contributed by atoms with Gasteiger partial charge in [0.15, 0.2) is 0 Å². The first-order valence-electron chi connectivity index (χ1n) is 5.59. The average molecular weight is 201 g/mol. The van der Waals surface area contributed by atoms with E-state index < -0.39 is 0 Å². The molecule has 0 aromatic heterocycles. The molecular formula is C11H23NO2. The molecular weight excluding hydrogens is 178 g/mol. The van der Waals surface area contributed by atoms with Crippen molar-refractivity contribution in [3.63, 3.8) is 0 Å². The molecule has 0 saturated carbocycles. The molecule has 0 bridgehead atoms. The number of nitrogens with one attached hydrogen (secondary N) is 1. The Balaban J connectivity index is 2.24. The second kappa shape index (κ2) is 5.10. The van der Waals surface area contributed by atoms with Crippen molar-refractivity contribution < 1.29 is 9.84 Å². The Morgan fingerprint density at radius 3 is 2.86 bits per heavy atom. The highest BCUT2D eigenvalue weighted by molar-refractivity contribution is 4.83. The Labute approximate surface area is 86.8 Å². The SMILES string of the molecule is CCC(O)CNC1CCOC(C)(C)C1. The van der Waals surface area contributed by atoms with Gasteiger partial charge in [0.2, 0.25) is 0 Å². The fourth-order valence-electron chi connectivity index (χ4n) is 1.85. The van der Waals surface area contributed by atoms with Crippen LogP contribution in [0.25, 0.3) is 0 Å². The van der Waals surface area contributed by atoms with Crippen LogP contribution < -0.4 is 5.32 Å². The van der Waals surface area contributed by atoms with Crippen molar-refractivity contribution in [1.29, 1.82) is 0 Å². The molecule has 1 aliphatic heterocycles. The number of rotatable bonds is 4. The van der Waals surface area contributed by atoms with Crippen molar-refractivity contribution in [3.8, 4) is 0 Å². The molecule has 14 heavy (non-hydrogen) atoms. The highest BCUT2D eigenvalue weighted by Crippen LogP contribution is 2.23. The fourth-order valence-corrected chi connectivity index (χ4v) is 1.85. The van der Waals surface area contributed by atoms with Gasteiger partial charge >= 0.3 is 0 Å². The maximum absolute atomic E-state index is 9.42. The topological polar surface area (TPSA) is 41.5 Å². The highest BCUT2D eigenvalue weighted by atomic mass is 16.5. The molecule has 1 fully saturated rings. The van der Waals surface area contributed by atoms with Crippen LogP contribution in [0.5, 0.6) is 0 Å². The fraction of sp³-hybridized carbons (Fsp3) is 1.00. The van der Waals surface area contributed by atoms with Gasteiger partial charge in [-0.15, -0.1) is 0 Å². The predicted octanol–water partition coefficient (Wildman–Crippen LogP) is 1.30. The summed E-state index contributed by atoms with van der Waals surface area (Å²) in [5, 5.41) is 12.8. The second-order valence-electron chi connectivity index (χ2n) is 4.77. The quantitative estimate of drug-likeness (QED) is 0.720. The Kier molecular flexibility index (Phi) is 4.35. The van der Waals surface area contributed by atoms with Gasteiger partial charge in [-0.05, 0) is 33.1 Å². The van der Waals surface area contributed by atoms with Crippen molar-refractivity contribution >= 4 is 0 Å². The minimum Gasteiger partial charge on any atom is -0.392 e. The first-order chi connectivity index (χ1) is 6.53. The van der Waals surface area contributed by atoms with Crippen molar-refractivity contribution in [2.75, 3.05) is 13.2 Å². The van der Waals surface area contributed by atoms with Gasteiger partial charge in [0, 0.05) is 19.2 Å². The lowest BCUT2D eigenvalue weighted by atomic mass is 9.94. The van der Waals surface area contributed by atoms with E-state index in [-0.39, 0.29) is 11.7 Å². The summed E-state index contributed by atoms with van der Waals surface area (Å²) in [6, 6.07) is 0.500. The minimum atomic E-state index is -0.207. The molecule has 84 valence electrons. The van der Waals surface area contributed by atoms with Crippen LogP contribution in [0, 0.1) is 0 Å². The van der Waals surface area contributed by atoms with Crippen LogP contribution in [0.2, 0.25) is 0 Å². The highest BCUT2D eigenvalue weighted by Gasteiger charge is 2.28. The van der Waals surface area contributed by atoms with E-state index in [0.717, 1.165) is 25.9 Å². The molecule has 0 aromatic rings. The lowest BCUT2D eigenvalue weighted by molar-refractivity contribution is -0.0638. The smallest absolute Gasteiger partial charge is 0.0662 e. The van der Waals surface area contributed by atoms with Crippen LogP contribution in [0.15, 0.2) is 0 Å². The van der Waals surface area contributed by atoms with Gasteiger partial charge in [0.1, 0.15) is 0 Å². The van der Waals surface area contributed by atoms with Gasteiger partial charge in [0.25, 0.3) is 0 Å². The molecule has 1 saturated heterocycles. The minimum absolute atomic E-state index is 0.00686. The summed E-state index contributed by atoms with van der Waals surface area (Å²) in [7, 11) is 0. The third-order valence-corrected chi connectivity index (χ3v) is 2.81. The molecule has 2 unspecified atom stereocenters. The molecule has 1 heterocycles. The summed E-state index contributed by atoms with van der Waals surface area (Å²) in [6.45, 7) is 7.78. The van der Waals surface area contributed by atoms with E-state index in [1.807, 2.05) is 6.92 Å². The Hall–Kier alpha value is -0.120. The lowest BCUT2D eigenvalue weighted by Gasteiger charge is -2.36. The molecule has 1 aliphatic rings. The van der Waals surface area contributed by atoms with Crippen LogP contribution in [0.4, 0.5) is 0 Å².